The lowest BCUT2D eigenvalue weighted by Crippen LogP contribution is -2.14. The van der Waals surface area contributed by atoms with E-state index in [0.29, 0.717) is 16.1 Å². The van der Waals surface area contributed by atoms with E-state index in [2.05, 4.69) is 25.3 Å². The Morgan fingerprint density at radius 1 is 1.20 bits per heavy atom. The molecule has 4 aromatic rings. The number of nitrogens with one attached hydrogen (secondary N) is 2. The number of rotatable bonds is 4. The standard InChI is InChI=1S/C17H12ClN5OS/c18-15-11(4-2-6-19-15)16-21-12-5-1-3-10(14(12)23-16)9-13(24)22-17-20-7-8-25-17/h1-8H,9H2,(H,21,23)(H,20,22,24). The average molecular weight is 370 g/mol. The van der Waals surface area contributed by atoms with Gasteiger partial charge in [0.05, 0.1) is 23.0 Å². The van der Waals surface area contributed by atoms with Gasteiger partial charge in [-0.3, -0.25) is 4.79 Å². The number of fused-ring (bicyclic) bond motifs is 1. The summed E-state index contributed by atoms with van der Waals surface area (Å²) in [7, 11) is 0. The number of imidazole rings is 1. The lowest BCUT2D eigenvalue weighted by Gasteiger charge is -2.02. The van der Waals surface area contributed by atoms with Crippen molar-refractivity contribution in [2.45, 2.75) is 6.42 Å². The van der Waals surface area contributed by atoms with Crippen LogP contribution in [0.3, 0.4) is 0 Å². The van der Waals surface area contributed by atoms with Crippen molar-refractivity contribution < 1.29 is 4.79 Å². The van der Waals surface area contributed by atoms with Gasteiger partial charge >= 0.3 is 0 Å². The molecule has 8 heteroatoms. The fourth-order valence-electron chi connectivity index (χ4n) is 2.55. The van der Waals surface area contributed by atoms with Crippen LogP contribution in [-0.2, 0) is 11.2 Å². The number of halogens is 1. The topological polar surface area (TPSA) is 83.6 Å². The van der Waals surface area contributed by atoms with E-state index in [-0.39, 0.29) is 12.3 Å². The van der Waals surface area contributed by atoms with Gasteiger partial charge in [0.15, 0.2) is 5.13 Å². The van der Waals surface area contributed by atoms with Crippen LogP contribution < -0.4 is 5.32 Å². The molecule has 0 fully saturated rings. The van der Waals surface area contributed by atoms with Crippen LogP contribution in [0.5, 0.6) is 0 Å². The molecule has 2 N–H and O–H groups in total. The van der Waals surface area contributed by atoms with E-state index in [4.69, 9.17) is 11.6 Å². The summed E-state index contributed by atoms with van der Waals surface area (Å²) in [6, 6.07) is 9.34. The summed E-state index contributed by atoms with van der Waals surface area (Å²) in [6.07, 6.45) is 3.49. The van der Waals surface area contributed by atoms with Crippen molar-refractivity contribution in [3.8, 4) is 11.4 Å². The van der Waals surface area contributed by atoms with Gasteiger partial charge in [-0.2, -0.15) is 0 Å². The third kappa shape index (κ3) is 3.24. The molecule has 0 aliphatic rings. The largest absolute Gasteiger partial charge is 0.338 e. The number of aromatic nitrogens is 4. The molecular weight excluding hydrogens is 358 g/mol. The Hall–Kier alpha value is -2.77. The Morgan fingerprint density at radius 2 is 2.12 bits per heavy atom. The van der Waals surface area contributed by atoms with Gasteiger partial charge < -0.3 is 10.3 Å². The summed E-state index contributed by atoms with van der Waals surface area (Å²) in [5.74, 6) is 0.493. The maximum Gasteiger partial charge on any atom is 0.230 e. The first-order chi connectivity index (χ1) is 12.2. The minimum absolute atomic E-state index is 0.133. The van der Waals surface area contributed by atoms with E-state index >= 15 is 0 Å². The number of carbonyl (C=O) groups is 1. The van der Waals surface area contributed by atoms with Crippen LogP contribution in [0.15, 0.2) is 48.1 Å². The highest BCUT2D eigenvalue weighted by Gasteiger charge is 2.14. The number of H-pyrrole nitrogens is 1. The van der Waals surface area contributed by atoms with Gasteiger partial charge in [0.2, 0.25) is 5.91 Å². The number of anilines is 1. The van der Waals surface area contributed by atoms with Crippen molar-refractivity contribution in [1.82, 2.24) is 19.9 Å². The molecule has 4 rings (SSSR count). The van der Waals surface area contributed by atoms with E-state index in [1.165, 1.54) is 11.3 Å². The molecule has 3 heterocycles. The van der Waals surface area contributed by atoms with Crippen LogP contribution in [0.4, 0.5) is 5.13 Å². The molecule has 0 spiro atoms. The van der Waals surface area contributed by atoms with Crippen molar-refractivity contribution >= 4 is 45.0 Å². The number of hydrogen-bond donors (Lipinski definition) is 2. The predicted molar refractivity (Wildman–Crippen MR) is 98.8 cm³/mol. The van der Waals surface area contributed by atoms with E-state index < -0.39 is 0 Å². The molecule has 0 atom stereocenters. The van der Waals surface area contributed by atoms with Crippen LogP contribution in [-0.4, -0.2) is 25.8 Å². The molecule has 0 unspecified atom stereocenters. The SMILES string of the molecule is O=C(Cc1cccc2[nH]c(-c3cccnc3Cl)nc12)Nc1nccs1. The third-order valence-electron chi connectivity index (χ3n) is 3.64. The molecule has 0 saturated carbocycles. The minimum atomic E-state index is -0.133. The quantitative estimate of drug-likeness (QED) is 0.534. The molecule has 0 aliphatic heterocycles. The molecule has 0 radical (unpaired) electrons. The summed E-state index contributed by atoms with van der Waals surface area (Å²) >= 11 is 7.53. The Labute approximate surface area is 151 Å². The predicted octanol–water partition coefficient (Wildman–Crippen LogP) is 3.92. The maximum atomic E-state index is 12.2. The van der Waals surface area contributed by atoms with Crippen molar-refractivity contribution in [2.24, 2.45) is 0 Å². The van der Waals surface area contributed by atoms with Gasteiger partial charge in [0, 0.05) is 17.8 Å². The highest BCUT2D eigenvalue weighted by molar-refractivity contribution is 7.13. The minimum Gasteiger partial charge on any atom is -0.338 e. The summed E-state index contributed by atoms with van der Waals surface area (Å²) in [4.78, 5) is 28.2. The summed E-state index contributed by atoms with van der Waals surface area (Å²) in [5, 5.41) is 5.56. The van der Waals surface area contributed by atoms with Crippen LogP contribution in [0.25, 0.3) is 22.4 Å². The van der Waals surface area contributed by atoms with Crippen molar-refractivity contribution in [3.05, 3.63) is 58.8 Å². The number of thiazole rings is 1. The molecular formula is C17H12ClN5OS. The highest BCUT2D eigenvalue weighted by Crippen LogP contribution is 2.27. The van der Waals surface area contributed by atoms with Gasteiger partial charge in [-0.25, -0.2) is 15.0 Å². The van der Waals surface area contributed by atoms with Crippen molar-refractivity contribution in [3.63, 3.8) is 0 Å². The average Bonchev–Trinajstić information content (AvgIpc) is 3.25. The van der Waals surface area contributed by atoms with Crippen LogP contribution in [0.2, 0.25) is 5.15 Å². The lowest BCUT2D eigenvalue weighted by atomic mass is 10.1. The van der Waals surface area contributed by atoms with Gasteiger partial charge in [-0.15, -0.1) is 11.3 Å². The van der Waals surface area contributed by atoms with E-state index in [1.807, 2.05) is 29.6 Å². The lowest BCUT2D eigenvalue weighted by molar-refractivity contribution is -0.115. The fourth-order valence-corrected chi connectivity index (χ4v) is 3.30. The van der Waals surface area contributed by atoms with Gasteiger partial charge in [0.1, 0.15) is 11.0 Å². The maximum absolute atomic E-state index is 12.2. The molecule has 0 bridgehead atoms. The number of benzene rings is 1. The van der Waals surface area contributed by atoms with Gasteiger partial charge in [-0.1, -0.05) is 23.7 Å². The molecule has 6 nitrogen and oxygen atoms in total. The number of carbonyl (C=O) groups excluding carboxylic acids is 1. The van der Waals surface area contributed by atoms with E-state index in [9.17, 15) is 4.79 Å². The zero-order valence-corrected chi connectivity index (χ0v) is 14.4. The number of hydrogen-bond acceptors (Lipinski definition) is 5. The zero-order valence-electron chi connectivity index (χ0n) is 12.9. The molecule has 0 saturated heterocycles. The molecule has 3 aromatic heterocycles. The first-order valence-electron chi connectivity index (χ1n) is 7.48. The van der Waals surface area contributed by atoms with Gasteiger partial charge in [-0.05, 0) is 23.8 Å². The van der Waals surface area contributed by atoms with Crippen LogP contribution in [0.1, 0.15) is 5.56 Å². The third-order valence-corrected chi connectivity index (χ3v) is 4.63. The summed E-state index contributed by atoms with van der Waals surface area (Å²) in [6.45, 7) is 0. The molecule has 0 aliphatic carbocycles. The Kier molecular flexibility index (Phi) is 4.17. The smallest absolute Gasteiger partial charge is 0.230 e. The second kappa shape index (κ2) is 6.62. The zero-order chi connectivity index (χ0) is 17.2. The van der Waals surface area contributed by atoms with E-state index in [0.717, 1.165) is 22.2 Å². The highest BCUT2D eigenvalue weighted by atomic mass is 35.5. The number of para-hydroxylation sites is 1. The Balaban J connectivity index is 1.66. The normalized spacial score (nSPS) is 10.9. The Morgan fingerprint density at radius 3 is 2.92 bits per heavy atom. The van der Waals surface area contributed by atoms with Crippen LogP contribution in [0, 0.1) is 0 Å². The second-order valence-corrected chi connectivity index (χ2v) is 6.56. The number of nitrogens with zero attached hydrogens (tertiary/aromatic N) is 3. The molecule has 1 aromatic carbocycles. The first kappa shape index (κ1) is 15.7. The molecule has 25 heavy (non-hydrogen) atoms. The Bertz CT molecular complexity index is 1040. The van der Waals surface area contributed by atoms with E-state index in [1.54, 1.807) is 18.5 Å². The molecule has 124 valence electrons. The second-order valence-electron chi connectivity index (χ2n) is 5.30. The van der Waals surface area contributed by atoms with Crippen molar-refractivity contribution in [2.75, 3.05) is 5.32 Å². The first-order valence-corrected chi connectivity index (χ1v) is 8.74. The monoisotopic (exact) mass is 369 g/mol. The number of amides is 1. The summed E-state index contributed by atoms with van der Waals surface area (Å²) < 4.78 is 0. The van der Waals surface area contributed by atoms with Crippen LogP contribution >= 0.6 is 22.9 Å². The summed E-state index contributed by atoms with van der Waals surface area (Å²) in [5.41, 5.74) is 3.13. The fraction of sp³-hybridized carbons (Fsp3) is 0.0588. The number of pyridine rings is 1. The molecule has 1 amide bonds. The van der Waals surface area contributed by atoms with Crippen molar-refractivity contribution in [1.29, 1.82) is 0 Å². The number of aromatic amines is 1. The van der Waals surface area contributed by atoms with Gasteiger partial charge in [0.25, 0.3) is 0 Å².